The predicted octanol–water partition coefficient (Wildman–Crippen LogP) is 9.78. The van der Waals surface area contributed by atoms with Gasteiger partial charge in [0, 0.05) is 17.7 Å². The Hall–Kier alpha value is -3.10. The molecule has 0 spiro atoms. The normalized spacial score (nSPS) is 18.3. The van der Waals surface area contributed by atoms with Crippen LogP contribution in [-0.2, 0) is 6.11 Å². The van der Waals surface area contributed by atoms with Gasteiger partial charge < -0.3 is 4.74 Å². The van der Waals surface area contributed by atoms with Crippen molar-refractivity contribution in [3.63, 3.8) is 0 Å². The van der Waals surface area contributed by atoms with Crippen molar-refractivity contribution in [3.8, 4) is 16.9 Å². The first-order valence-corrected chi connectivity index (χ1v) is 12.5. The summed E-state index contributed by atoms with van der Waals surface area (Å²) in [6.07, 6.45) is 2.60. The van der Waals surface area contributed by atoms with E-state index in [2.05, 4.69) is 11.7 Å². The Kier molecular flexibility index (Phi) is 8.33. The molecular formula is C29H26F8O. The second kappa shape index (κ2) is 11.3. The van der Waals surface area contributed by atoms with Crippen LogP contribution in [0.1, 0.15) is 68.9 Å². The van der Waals surface area contributed by atoms with Crippen LogP contribution in [0, 0.1) is 40.8 Å². The van der Waals surface area contributed by atoms with Gasteiger partial charge in [-0.3, -0.25) is 0 Å². The first-order valence-electron chi connectivity index (χ1n) is 12.5. The third-order valence-electron chi connectivity index (χ3n) is 7.10. The molecule has 2 unspecified atom stereocenters. The highest BCUT2D eigenvalue weighted by Crippen LogP contribution is 2.40. The molecule has 204 valence electrons. The molecule has 3 aromatic carbocycles. The smallest absolute Gasteiger partial charge is 0.429 e. The van der Waals surface area contributed by atoms with Gasteiger partial charge in [0.2, 0.25) is 0 Å². The van der Waals surface area contributed by atoms with E-state index < -0.39 is 52.3 Å². The monoisotopic (exact) mass is 542 g/mol. The minimum Gasteiger partial charge on any atom is -0.429 e. The number of benzene rings is 3. The summed E-state index contributed by atoms with van der Waals surface area (Å²) in [7, 11) is 0. The lowest BCUT2D eigenvalue weighted by Gasteiger charge is -2.20. The van der Waals surface area contributed by atoms with Crippen LogP contribution in [0.25, 0.3) is 11.1 Å². The van der Waals surface area contributed by atoms with Gasteiger partial charge in [-0.15, -0.1) is 0 Å². The van der Waals surface area contributed by atoms with E-state index in [1.54, 1.807) is 6.07 Å². The first-order chi connectivity index (χ1) is 18.0. The molecule has 1 nitrogen and oxygen atoms in total. The fourth-order valence-corrected chi connectivity index (χ4v) is 5.23. The summed E-state index contributed by atoms with van der Waals surface area (Å²) in [6.45, 7) is 2.15. The van der Waals surface area contributed by atoms with E-state index in [4.69, 9.17) is 0 Å². The van der Waals surface area contributed by atoms with Crippen LogP contribution < -0.4 is 4.74 Å². The summed E-state index contributed by atoms with van der Waals surface area (Å²) >= 11 is 0. The van der Waals surface area contributed by atoms with Gasteiger partial charge in [0.05, 0.1) is 0 Å². The maximum absolute atomic E-state index is 15.1. The van der Waals surface area contributed by atoms with Crippen LogP contribution in [0.2, 0.25) is 0 Å². The van der Waals surface area contributed by atoms with E-state index >= 15 is 4.39 Å². The number of halogens is 8. The lowest BCUT2D eigenvalue weighted by atomic mass is 9.89. The molecule has 0 radical (unpaired) electrons. The van der Waals surface area contributed by atoms with Crippen LogP contribution in [0.15, 0.2) is 42.5 Å². The molecule has 9 heteroatoms. The molecule has 1 aliphatic rings. The van der Waals surface area contributed by atoms with Crippen LogP contribution >= 0.6 is 0 Å². The lowest BCUT2D eigenvalue weighted by Crippen LogP contribution is -2.25. The minimum absolute atomic E-state index is 0.117. The summed E-state index contributed by atoms with van der Waals surface area (Å²) in [6, 6.07) is 5.66. The highest BCUT2D eigenvalue weighted by atomic mass is 19.3. The van der Waals surface area contributed by atoms with Crippen molar-refractivity contribution in [3.05, 3.63) is 88.5 Å². The topological polar surface area (TPSA) is 9.23 Å². The Morgan fingerprint density at radius 2 is 1.42 bits per heavy atom. The molecular weight excluding hydrogens is 516 g/mol. The third-order valence-corrected chi connectivity index (χ3v) is 7.10. The molecule has 4 rings (SSSR count). The maximum Gasteiger partial charge on any atom is 0.432 e. The van der Waals surface area contributed by atoms with Gasteiger partial charge in [0.1, 0.15) is 28.8 Å². The van der Waals surface area contributed by atoms with E-state index in [1.807, 2.05) is 0 Å². The zero-order valence-electron chi connectivity index (χ0n) is 20.6. The summed E-state index contributed by atoms with van der Waals surface area (Å²) < 4.78 is 118. The molecule has 0 N–H and O–H groups in total. The third kappa shape index (κ3) is 5.97. The van der Waals surface area contributed by atoms with Crippen LogP contribution in [0.4, 0.5) is 35.1 Å². The number of alkyl halides is 2. The fraction of sp³-hybridized carbons (Fsp3) is 0.379. The molecule has 0 aromatic heterocycles. The number of rotatable bonds is 7. The van der Waals surface area contributed by atoms with Crippen LogP contribution in [-0.4, -0.2) is 0 Å². The van der Waals surface area contributed by atoms with E-state index in [1.165, 1.54) is 12.1 Å². The van der Waals surface area contributed by atoms with Crippen LogP contribution in [0.5, 0.6) is 5.75 Å². The molecule has 0 heterocycles. The summed E-state index contributed by atoms with van der Waals surface area (Å²) in [5.41, 5.74) is -1.56. The molecule has 38 heavy (non-hydrogen) atoms. The zero-order chi connectivity index (χ0) is 27.6. The standard InChI is InChI=1S/C29H26F8O/c1-2-4-16-5-3-6-17(8-7-16)18-9-10-21(22(30)11-18)19-12-23(31)27(24(32)13-19)29(36,37)38-20-14-25(33)28(35)26(34)15-20/h9-17H,2-8H2,1H3. The second-order valence-electron chi connectivity index (χ2n) is 9.73. The van der Waals surface area contributed by atoms with Crippen LogP contribution in [0.3, 0.4) is 0 Å². The van der Waals surface area contributed by atoms with Gasteiger partial charge in [0.25, 0.3) is 0 Å². The molecule has 2 atom stereocenters. The Morgan fingerprint density at radius 1 is 0.763 bits per heavy atom. The van der Waals surface area contributed by atoms with Gasteiger partial charge in [0.15, 0.2) is 17.5 Å². The van der Waals surface area contributed by atoms with Gasteiger partial charge in [-0.05, 0) is 60.4 Å². The van der Waals surface area contributed by atoms with Crippen molar-refractivity contribution >= 4 is 0 Å². The summed E-state index contributed by atoms with van der Waals surface area (Å²) in [4.78, 5) is 0. The van der Waals surface area contributed by atoms with E-state index in [0.29, 0.717) is 18.1 Å². The largest absolute Gasteiger partial charge is 0.432 e. The molecule has 0 bridgehead atoms. The molecule has 1 fully saturated rings. The van der Waals surface area contributed by atoms with Gasteiger partial charge in [-0.25, -0.2) is 26.3 Å². The van der Waals surface area contributed by atoms with Crippen molar-refractivity contribution in [2.75, 3.05) is 0 Å². The van der Waals surface area contributed by atoms with Gasteiger partial charge in [-0.2, -0.15) is 8.78 Å². The Balaban J connectivity index is 1.58. The summed E-state index contributed by atoms with van der Waals surface area (Å²) in [5.74, 6) is -10.2. The average Bonchev–Trinajstić information content (AvgIpc) is 3.07. The molecule has 1 saturated carbocycles. The quantitative estimate of drug-likeness (QED) is 0.164. The first kappa shape index (κ1) is 27.9. The number of hydrogen-bond acceptors (Lipinski definition) is 1. The van der Waals surface area contributed by atoms with Crippen molar-refractivity contribution in [2.24, 2.45) is 5.92 Å². The molecule has 1 aliphatic carbocycles. The highest BCUT2D eigenvalue weighted by molar-refractivity contribution is 5.65. The second-order valence-corrected chi connectivity index (χ2v) is 9.73. The average molecular weight is 543 g/mol. The maximum atomic E-state index is 15.1. The van der Waals surface area contributed by atoms with Gasteiger partial charge >= 0.3 is 6.11 Å². The molecule has 3 aromatic rings. The fourth-order valence-electron chi connectivity index (χ4n) is 5.23. The Bertz CT molecular complexity index is 1260. The minimum atomic E-state index is -4.72. The van der Waals surface area contributed by atoms with Gasteiger partial charge in [-0.1, -0.05) is 44.7 Å². The predicted molar refractivity (Wildman–Crippen MR) is 127 cm³/mol. The Labute approximate surface area is 215 Å². The van der Waals surface area contributed by atoms with Crippen molar-refractivity contribution < 1.29 is 39.9 Å². The number of hydrogen-bond donors (Lipinski definition) is 0. The molecule has 0 amide bonds. The zero-order valence-corrected chi connectivity index (χ0v) is 20.6. The number of ether oxygens (including phenoxy) is 1. The van der Waals surface area contributed by atoms with Crippen molar-refractivity contribution in [1.29, 1.82) is 0 Å². The highest BCUT2D eigenvalue weighted by Gasteiger charge is 2.41. The molecule has 0 aliphatic heterocycles. The lowest BCUT2D eigenvalue weighted by molar-refractivity contribution is -0.189. The van der Waals surface area contributed by atoms with E-state index in [-0.39, 0.29) is 29.2 Å². The van der Waals surface area contributed by atoms with E-state index in [9.17, 15) is 30.7 Å². The summed E-state index contributed by atoms with van der Waals surface area (Å²) in [5, 5.41) is 0. The van der Waals surface area contributed by atoms with E-state index in [0.717, 1.165) is 50.5 Å². The van der Waals surface area contributed by atoms with Crippen molar-refractivity contribution in [1.82, 2.24) is 0 Å². The Morgan fingerprint density at radius 3 is 2.03 bits per heavy atom. The SMILES string of the molecule is CCCC1CCCC(c2ccc(-c3cc(F)c(C(F)(F)Oc4cc(F)c(F)c(F)c4)c(F)c3)c(F)c2)CC1. The molecule has 0 saturated heterocycles. The van der Waals surface area contributed by atoms with Crippen molar-refractivity contribution in [2.45, 2.75) is 63.9 Å².